The van der Waals surface area contributed by atoms with Crippen molar-refractivity contribution in [1.82, 2.24) is 9.97 Å². The number of ether oxygens (including phenoxy) is 1. The zero-order chi connectivity index (χ0) is 13.3. The molecule has 0 atom stereocenters. The van der Waals surface area contributed by atoms with Gasteiger partial charge in [0.15, 0.2) is 0 Å². The van der Waals surface area contributed by atoms with E-state index >= 15 is 0 Å². The van der Waals surface area contributed by atoms with Crippen LogP contribution >= 0.6 is 34.5 Å². The number of carboxylic acid groups (broad SMARTS) is 1. The minimum Gasteiger partial charge on any atom is -0.449 e. The highest BCUT2D eigenvalue weighted by atomic mass is 35.5. The van der Waals surface area contributed by atoms with Crippen LogP contribution in [0.4, 0.5) is 10.5 Å². The van der Waals surface area contributed by atoms with Gasteiger partial charge in [0.2, 0.25) is 5.88 Å². The Balaban J connectivity index is 2.61. The number of hydrogen-bond acceptors (Lipinski definition) is 6. The minimum atomic E-state index is -1.54. The van der Waals surface area contributed by atoms with Crippen LogP contribution in [0, 0.1) is 0 Å². The predicted octanol–water partition coefficient (Wildman–Crippen LogP) is 3.15. The van der Waals surface area contributed by atoms with Gasteiger partial charge in [0.25, 0.3) is 0 Å². The first-order valence-electron chi connectivity index (χ1n) is 4.44. The highest BCUT2D eigenvalue weighted by molar-refractivity contribution is 7.13. The fourth-order valence-electron chi connectivity index (χ4n) is 1.19. The molecule has 2 heterocycles. The van der Waals surface area contributed by atoms with Crippen LogP contribution in [0.2, 0.25) is 10.0 Å². The quantitative estimate of drug-likeness (QED) is 0.827. The lowest BCUT2D eigenvalue weighted by Crippen LogP contribution is -2.07. The van der Waals surface area contributed by atoms with Crippen molar-refractivity contribution in [3.05, 3.63) is 21.8 Å². The molecule has 0 saturated carbocycles. The SMILES string of the molecule is Nc1c(Cl)c(OC(=O)O)nc(-c2cncs2)c1Cl. The molecule has 0 aliphatic rings. The number of nitrogens with two attached hydrogens (primary N) is 1. The number of carbonyl (C=O) groups is 1. The Morgan fingerprint density at radius 1 is 1.44 bits per heavy atom. The highest BCUT2D eigenvalue weighted by Crippen LogP contribution is 2.41. The predicted molar refractivity (Wildman–Crippen MR) is 68.4 cm³/mol. The molecule has 0 aromatic carbocycles. The molecule has 0 spiro atoms. The van der Waals surface area contributed by atoms with Gasteiger partial charge in [-0.15, -0.1) is 11.3 Å². The van der Waals surface area contributed by atoms with Crippen molar-refractivity contribution in [2.45, 2.75) is 0 Å². The van der Waals surface area contributed by atoms with Crippen LogP contribution in [0.1, 0.15) is 0 Å². The van der Waals surface area contributed by atoms with Crippen molar-refractivity contribution in [3.8, 4) is 16.5 Å². The molecule has 0 aliphatic heterocycles. The van der Waals surface area contributed by atoms with Gasteiger partial charge in [-0.05, 0) is 0 Å². The topological polar surface area (TPSA) is 98.3 Å². The molecule has 3 N–H and O–H groups in total. The standard InChI is InChI=1S/C9H5Cl2N3O3S/c10-4-6(12)5(11)8(17-9(15)16)14-7(4)3-1-13-2-18-3/h1-2H,(H2,12,14)(H,15,16). The maximum absolute atomic E-state index is 10.5. The van der Waals surface area contributed by atoms with Gasteiger partial charge in [-0.3, -0.25) is 4.98 Å². The van der Waals surface area contributed by atoms with Crippen molar-refractivity contribution in [2.24, 2.45) is 0 Å². The van der Waals surface area contributed by atoms with Crippen LogP contribution in [0.25, 0.3) is 10.6 Å². The summed E-state index contributed by atoms with van der Waals surface area (Å²) < 4.78 is 4.44. The first kappa shape index (κ1) is 12.9. The summed E-state index contributed by atoms with van der Waals surface area (Å²) in [7, 11) is 0. The molecule has 0 aliphatic carbocycles. The molecule has 0 unspecified atom stereocenters. The van der Waals surface area contributed by atoms with Gasteiger partial charge in [-0.25, -0.2) is 9.78 Å². The number of aromatic nitrogens is 2. The fourth-order valence-corrected chi connectivity index (χ4v) is 2.32. The summed E-state index contributed by atoms with van der Waals surface area (Å²) in [5.74, 6) is -0.311. The zero-order valence-electron chi connectivity index (χ0n) is 8.55. The number of thiazole rings is 1. The maximum Gasteiger partial charge on any atom is 0.512 e. The van der Waals surface area contributed by atoms with Crippen LogP contribution in [-0.2, 0) is 0 Å². The molecular weight excluding hydrogens is 301 g/mol. The summed E-state index contributed by atoms with van der Waals surface area (Å²) in [4.78, 5) is 18.9. The lowest BCUT2D eigenvalue weighted by molar-refractivity contribution is 0.142. The van der Waals surface area contributed by atoms with E-state index in [0.717, 1.165) is 0 Å². The molecule has 6 nitrogen and oxygen atoms in total. The third-order valence-corrected chi connectivity index (χ3v) is 3.46. The summed E-state index contributed by atoms with van der Waals surface area (Å²) in [6.45, 7) is 0. The van der Waals surface area contributed by atoms with E-state index in [1.807, 2.05) is 0 Å². The van der Waals surface area contributed by atoms with Gasteiger partial charge < -0.3 is 15.6 Å². The van der Waals surface area contributed by atoms with Gasteiger partial charge in [0.05, 0.1) is 21.1 Å². The normalized spacial score (nSPS) is 10.3. The van der Waals surface area contributed by atoms with Crippen LogP contribution in [0.5, 0.6) is 5.88 Å². The molecule has 9 heteroatoms. The van der Waals surface area contributed by atoms with E-state index in [2.05, 4.69) is 14.7 Å². The number of nitrogen functional groups attached to an aromatic ring is 1. The van der Waals surface area contributed by atoms with Crippen LogP contribution in [-0.4, -0.2) is 21.2 Å². The fraction of sp³-hybridized carbons (Fsp3) is 0. The average molecular weight is 306 g/mol. The van der Waals surface area contributed by atoms with E-state index in [1.165, 1.54) is 17.5 Å². The maximum atomic E-state index is 10.5. The second-order valence-electron chi connectivity index (χ2n) is 3.04. The molecule has 18 heavy (non-hydrogen) atoms. The Kier molecular flexibility index (Phi) is 3.55. The number of hydrogen-bond donors (Lipinski definition) is 2. The second-order valence-corrected chi connectivity index (χ2v) is 4.68. The lowest BCUT2D eigenvalue weighted by Gasteiger charge is -2.09. The third kappa shape index (κ3) is 2.33. The van der Waals surface area contributed by atoms with E-state index in [9.17, 15) is 4.79 Å². The zero-order valence-corrected chi connectivity index (χ0v) is 10.9. The summed E-state index contributed by atoms with van der Waals surface area (Å²) in [5.41, 5.74) is 7.53. The molecule has 2 aromatic rings. The van der Waals surface area contributed by atoms with Gasteiger partial charge in [-0.2, -0.15) is 0 Å². The van der Waals surface area contributed by atoms with E-state index in [0.29, 0.717) is 4.88 Å². The average Bonchev–Trinajstić information content (AvgIpc) is 2.83. The Morgan fingerprint density at radius 2 is 2.17 bits per heavy atom. The van der Waals surface area contributed by atoms with E-state index < -0.39 is 6.16 Å². The van der Waals surface area contributed by atoms with Gasteiger partial charge in [0, 0.05) is 6.20 Å². The summed E-state index contributed by atoms with van der Waals surface area (Å²) in [6.07, 6.45) is -0.0158. The molecule has 2 aromatic heterocycles. The number of nitrogens with zero attached hydrogens (tertiary/aromatic N) is 2. The summed E-state index contributed by atoms with van der Waals surface area (Å²) >= 11 is 13.1. The van der Waals surface area contributed by atoms with Crippen LogP contribution in [0.15, 0.2) is 11.7 Å². The molecule has 0 amide bonds. The molecular formula is C9H5Cl2N3O3S. The van der Waals surface area contributed by atoms with Gasteiger partial charge in [-0.1, -0.05) is 23.2 Å². The smallest absolute Gasteiger partial charge is 0.449 e. The number of rotatable bonds is 2. The van der Waals surface area contributed by atoms with E-state index in [1.54, 1.807) is 5.51 Å². The first-order chi connectivity index (χ1) is 8.50. The Labute approximate surface area is 115 Å². The second kappa shape index (κ2) is 4.97. The van der Waals surface area contributed by atoms with Crippen LogP contribution < -0.4 is 10.5 Å². The lowest BCUT2D eigenvalue weighted by atomic mass is 10.3. The van der Waals surface area contributed by atoms with Crippen molar-refractivity contribution in [2.75, 3.05) is 5.73 Å². The largest absolute Gasteiger partial charge is 0.512 e. The Morgan fingerprint density at radius 3 is 2.72 bits per heavy atom. The number of halogens is 2. The molecule has 0 radical (unpaired) electrons. The van der Waals surface area contributed by atoms with Crippen molar-refractivity contribution in [1.29, 1.82) is 0 Å². The van der Waals surface area contributed by atoms with Crippen molar-refractivity contribution in [3.63, 3.8) is 0 Å². The summed E-state index contributed by atoms with van der Waals surface area (Å²) in [6, 6.07) is 0. The molecule has 2 rings (SSSR count). The Bertz CT molecular complexity index is 604. The molecule has 0 bridgehead atoms. The van der Waals surface area contributed by atoms with E-state index in [-0.39, 0.29) is 27.3 Å². The van der Waals surface area contributed by atoms with Gasteiger partial charge >= 0.3 is 6.16 Å². The third-order valence-electron chi connectivity index (χ3n) is 1.93. The Hall–Kier alpha value is -1.57. The minimum absolute atomic E-state index is 0.00739. The number of pyridine rings is 1. The summed E-state index contributed by atoms with van der Waals surface area (Å²) in [5, 5.41) is 8.55. The van der Waals surface area contributed by atoms with Crippen LogP contribution in [0.3, 0.4) is 0 Å². The van der Waals surface area contributed by atoms with Crippen molar-refractivity contribution >= 4 is 46.4 Å². The number of anilines is 1. The molecule has 0 saturated heterocycles. The first-order valence-corrected chi connectivity index (χ1v) is 6.08. The molecule has 94 valence electrons. The monoisotopic (exact) mass is 305 g/mol. The van der Waals surface area contributed by atoms with Gasteiger partial charge in [0.1, 0.15) is 10.7 Å². The van der Waals surface area contributed by atoms with E-state index in [4.69, 9.17) is 34.0 Å². The van der Waals surface area contributed by atoms with Crippen molar-refractivity contribution < 1.29 is 14.6 Å². The highest BCUT2D eigenvalue weighted by Gasteiger charge is 2.20. The molecule has 0 fully saturated rings.